The van der Waals surface area contributed by atoms with E-state index in [9.17, 15) is 10.1 Å². The van der Waals surface area contributed by atoms with Crippen molar-refractivity contribution in [3.05, 3.63) is 27.4 Å². The Bertz CT molecular complexity index is 511. The number of pyridine rings is 1. The van der Waals surface area contributed by atoms with Crippen LogP contribution in [0.25, 0.3) is 0 Å². The Morgan fingerprint density at radius 1 is 1.47 bits per heavy atom. The van der Waals surface area contributed by atoms with Gasteiger partial charge >= 0.3 is 0 Å². The molecule has 0 aromatic carbocycles. The van der Waals surface area contributed by atoms with Crippen LogP contribution in [0.2, 0.25) is 5.02 Å². The highest BCUT2D eigenvalue weighted by Crippen LogP contribution is 2.33. The van der Waals surface area contributed by atoms with Crippen LogP contribution in [-0.4, -0.2) is 36.1 Å². The van der Waals surface area contributed by atoms with Crippen LogP contribution in [0.3, 0.4) is 0 Å². The molecule has 3 heterocycles. The van der Waals surface area contributed by atoms with Crippen molar-refractivity contribution in [1.82, 2.24) is 10.3 Å². The highest BCUT2D eigenvalue weighted by molar-refractivity contribution is 6.33. The Morgan fingerprint density at radius 2 is 2.26 bits per heavy atom. The molecule has 2 fully saturated rings. The lowest BCUT2D eigenvalue weighted by molar-refractivity contribution is -0.385. The molecule has 0 spiro atoms. The second-order valence-corrected chi connectivity index (χ2v) is 5.58. The highest BCUT2D eigenvalue weighted by Gasteiger charge is 2.33. The third kappa shape index (κ3) is 2.37. The van der Waals surface area contributed by atoms with Crippen molar-refractivity contribution in [3.8, 4) is 0 Å². The normalized spacial score (nSPS) is 26.3. The quantitative estimate of drug-likeness (QED) is 0.660. The summed E-state index contributed by atoms with van der Waals surface area (Å²) in [6.07, 6.45) is 2.40. The number of nitro groups is 1. The van der Waals surface area contributed by atoms with E-state index >= 15 is 0 Å². The second-order valence-electron chi connectivity index (χ2n) is 5.17. The predicted molar refractivity (Wildman–Crippen MR) is 72.6 cm³/mol. The number of aromatic nitrogens is 1. The predicted octanol–water partition coefficient (Wildman–Crippen LogP) is 1.69. The summed E-state index contributed by atoms with van der Waals surface area (Å²) in [6, 6.07) is 1.38. The lowest BCUT2D eigenvalue weighted by Gasteiger charge is -2.35. The first-order chi connectivity index (χ1) is 9.15. The zero-order chi connectivity index (χ0) is 13.4. The van der Waals surface area contributed by atoms with Crippen molar-refractivity contribution in [2.75, 3.05) is 31.1 Å². The third-order valence-electron chi connectivity index (χ3n) is 4.02. The van der Waals surface area contributed by atoms with E-state index in [2.05, 4.69) is 15.2 Å². The van der Waals surface area contributed by atoms with Crippen molar-refractivity contribution in [2.45, 2.75) is 6.42 Å². The first-order valence-electron chi connectivity index (χ1n) is 6.41. The number of nitrogens with one attached hydrogen (secondary N) is 1. The maximum atomic E-state index is 10.7. The van der Waals surface area contributed by atoms with Gasteiger partial charge in [0.25, 0.3) is 5.69 Å². The molecule has 0 radical (unpaired) electrons. The van der Waals surface area contributed by atoms with Gasteiger partial charge in [0.1, 0.15) is 12.0 Å². The van der Waals surface area contributed by atoms with Crippen molar-refractivity contribution in [3.63, 3.8) is 0 Å². The van der Waals surface area contributed by atoms with E-state index < -0.39 is 4.92 Å². The van der Waals surface area contributed by atoms with Gasteiger partial charge in [-0.15, -0.1) is 0 Å². The molecule has 0 saturated carbocycles. The molecule has 1 aromatic rings. The first-order valence-corrected chi connectivity index (χ1v) is 6.78. The Hall–Kier alpha value is -1.40. The minimum Gasteiger partial charge on any atom is -0.355 e. The smallest absolute Gasteiger partial charge is 0.289 e. The molecule has 0 amide bonds. The van der Waals surface area contributed by atoms with Crippen LogP contribution in [0, 0.1) is 22.0 Å². The van der Waals surface area contributed by atoms with Gasteiger partial charge in [-0.3, -0.25) is 10.1 Å². The van der Waals surface area contributed by atoms with Gasteiger partial charge in [0, 0.05) is 19.2 Å². The summed E-state index contributed by atoms with van der Waals surface area (Å²) in [5.74, 6) is 2.03. The maximum absolute atomic E-state index is 10.7. The fourth-order valence-corrected chi connectivity index (χ4v) is 3.26. The van der Waals surface area contributed by atoms with E-state index in [1.165, 1.54) is 12.3 Å². The largest absolute Gasteiger partial charge is 0.355 e. The fraction of sp³-hybridized carbons (Fsp3) is 0.583. The molecule has 1 aromatic heterocycles. The number of halogens is 1. The van der Waals surface area contributed by atoms with E-state index in [4.69, 9.17) is 11.6 Å². The SMILES string of the molecule is O=[N+]([O-])c1cnc(N2CCC3CNCC3C2)c(Cl)c1. The minimum atomic E-state index is -0.476. The summed E-state index contributed by atoms with van der Waals surface area (Å²) in [6.45, 7) is 3.96. The molecule has 102 valence electrons. The Labute approximate surface area is 115 Å². The van der Waals surface area contributed by atoms with Crippen molar-refractivity contribution in [2.24, 2.45) is 11.8 Å². The Balaban J connectivity index is 1.80. The van der Waals surface area contributed by atoms with Crippen molar-refractivity contribution in [1.29, 1.82) is 0 Å². The van der Waals surface area contributed by atoms with E-state index in [1.54, 1.807) is 0 Å². The van der Waals surface area contributed by atoms with Crippen LogP contribution in [0.4, 0.5) is 11.5 Å². The van der Waals surface area contributed by atoms with Crippen molar-refractivity contribution < 1.29 is 4.92 Å². The van der Waals surface area contributed by atoms with Gasteiger partial charge in [0.05, 0.1) is 9.95 Å². The lowest BCUT2D eigenvalue weighted by atomic mass is 9.89. The van der Waals surface area contributed by atoms with Crippen LogP contribution in [0.1, 0.15) is 6.42 Å². The van der Waals surface area contributed by atoms with Crippen LogP contribution in [0.15, 0.2) is 12.3 Å². The van der Waals surface area contributed by atoms with Crippen LogP contribution in [-0.2, 0) is 0 Å². The number of fused-ring (bicyclic) bond motifs is 1. The summed E-state index contributed by atoms with van der Waals surface area (Å²) >= 11 is 6.13. The molecule has 7 heteroatoms. The molecule has 3 rings (SSSR count). The molecule has 2 atom stereocenters. The van der Waals surface area contributed by atoms with Gasteiger partial charge in [-0.05, 0) is 31.3 Å². The number of nitrogens with zero attached hydrogens (tertiary/aromatic N) is 3. The summed E-state index contributed by atoms with van der Waals surface area (Å²) in [7, 11) is 0. The molecule has 2 saturated heterocycles. The van der Waals surface area contributed by atoms with E-state index in [0.717, 1.165) is 38.5 Å². The molecule has 0 bridgehead atoms. The molecule has 2 unspecified atom stereocenters. The van der Waals surface area contributed by atoms with Crippen LogP contribution in [0.5, 0.6) is 0 Å². The summed E-state index contributed by atoms with van der Waals surface area (Å²) in [5, 5.41) is 14.4. The van der Waals surface area contributed by atoms with Gasteiger partial charge < -0.3 is 10.2 Å². The van der Waals surface area contributed by atoms with Gasteiger partial charge in [0.2, 0.25) is 0 Å². The molecular formula is C12H15ClN4O2. The van der Waals surface area contributed by atoms with E-state index in [-0.39, 0.29) is 5.69 Å². The monoisotopic (exact) mass is 282 g/mol. The zero-order valence-electron chi connectivity index (χ0n) is 10.4. The maximum Gasteiger partial charge on any atom is 0.289 e. The number of hydrogen-bond acceptors (Lipinski definition) is 5. The number of anilines is 1. The average Bonchev–Trinajstić information content (AvgIpc) is 2.85. The standard InChI is InChI=1S/C12H15ClN4O2/c13-11-3-10(17(18)19)6-15-12(11)16-2-1-8-4-14-5-9(8)7-16/h3,6,8-9,14H,1-2,4-5,7H2. The zero-order valence-corrected chi connectivity index (χ0v) is 11.1. The number of rotatable bonds is 2. The highest BCUT2D eigenvalue weighted by atomic mass is 35.5. The second kappa shape index (κ2) is 4.94. The van der Waals surface area contributed by atoms with Crippen LogP contribution >= 0.6 is 11.6 Å². The van der Waals surface area contributed by atoms with Gasteiger partial charge in [-0.25, -0.2) is 4.98 Å². The summed E-state index contributed by atoms with van der Waals surface area (Å²) < 4.78 is 0. The molecule has 2 aliphatic heterocycles. The molecule has 2 aliphatic rings. The molecule has 0 aliphatic carbocycles. The van der Waals surface area contributed by atoms with E-state index in [0.29, 0.717) is 16.8 Å². The average molecular weight is 283 g/mol. The molecule has 19 heavy (non-hydrogen) atoms. The summed E-state index contributed by atoms with van der Waals surface area (Å²) in [4.78, 5) is 16.5. The summed E-state index contributed by atoms with van der Waals surface area (Å²) in [5.41, 5.74) is -0.0637. The van der Waals surface area contributed by atoms with Gasteiger partial charge in [-0.2, -0.15) is 0 Å². The number of piperidine rings is 1. The Morgan fingerprint density at radius 3 is 3.00 bits per heavy atom. The van der Waals surface area contributed by atoms with Crippen molar-refractivity contribution >= 4 is 23.1 Å². The Kier molecular flexibility index (Phi) is 3.28. The van der Waals surface area contributed by atoms with E-state index in [1.807, 2.05) is 0 Å². The molecular weight excluding hydrogens is 268 g/mol. The fourth-order valence-electron chi connectivity index (χ4n) is 2.98. The number of hydrogen-bond donors (Lipinski definition) is 1. The van der Waals surface area contributed by atoms with Gasteiger partial charge in [0.15, 0.2) is 0 Å². The van der Waals surface area contributed by atoms with Gasteiger partial charge in [-0.1, -0.05) is 11.6 Å². The van der Waals surface area contributed by atoms with Crippen LogP contribution < -0.4 is 10.2 Å². The lowest BCUT2D eigenvalue weighted by Crippen LogP contribution is -2.40. The topological polar surface area (TPSA) is 71.3 Å². The first kappa shape index (κ1) is 12.6. The minimum absolute atomic E-state index is 0.0637. The molecule has 6 nitrogen and oxygen atoms in total. The third-order valence-corrected chi connectivity index (χ3v) is 4.30. The molecule has 1 N–H and O–H groups in total.